The molecule has 2 N–H and O–H groups in total. The van der Waals surface area contributed by atoms with Crippen LogP contribution in [-0.2, 0) is 0 Å². The van der Waals surface area contributed by atoms with E-state index in [1.165, 1.54) is 0 Å². The number of hydrogen-bond donors (Lipinski definition) is 2. The summed E-state index contributed by atoms with van der Waals surface area (Å²) in [5.74, 6) is 0.822. The van der Waals surface area contributed by atoms with Crippen LogP contribution < -0.4 is 5.32 Å². The van der Waals surface area contributed by atoms with Crippen molar-refractivity contribution in [3.05, 3.63) is 48.0 Å². The van der Waals surface area contributed by atoms with Crippen molar-refractivity contribution in [2.75, 3.05) is 12.4 Å². The Morgan fingerprint density at radius 3 is 2.48 bits per heavy atom. The van der Waals surface area contributed by atoms with Crippen molar-refractivity contribution >= 4 is 16.6 Å². The molecule has 118 valence electrons. The van der Waals surface area contributed by atoms with E-state index in [9.17, 15) is 5.11 Å². The summed E-state index contributed by atoms with van der Waals surface area (Å²) in [6.45, 7) is 3.95. The quantitative estimate of drug-likeness (QED) is 0.772. The van der Waals surface area contributed by atoms with E-state index in [0.29, 0.717) is 12.1 Å². The normalized spacial score (nSPS) is 12.3. The van der Waals surface area contributed by atoms with E-state index in [1.807, 2.05) is 51.5 Å². The first kappa shape index (κ1) is 15.4. The van der Waals surface area contributed by atoms with Gasteiger partial charge >= 0.3 is 0 Å². The molecule has 5 heteroatoms. The highest BCUT2D eigenvalue weighted by atomic mass is 16.3. The van der Waals surface area contributed by atoms with Crippen LogP contribution in [0.25, 0.3) is 22.0 Å². The van der Waals surface area contributed by atoms with Gasteiger partial charge in [-0.25, -0.2) is 4.98 Å². The molecule has 0 aliphatic heterocycles. The maximum atomic E-state index is 9.91. The zero-order chi connectivity index (χ0) is 16.4. The van der Waals surface area contributed by atoms with Crippen LogP contribution in [0.3, 0.4) is 0 Å². The summed E-state index contributed by atoms with van der Waals surface area (Å²) >= 11 is 0. The van der Waals surface area contributed by atoms with Crippen LogP contribution in [0.2, 0.25) is 0 Å². The monoisotopic (exact) mass is 308 g/mol. The second-order valence-electron chi connectivity index (χ2n) is 5.58. The lowest BCUT2D eigenvalue weighted by molar-refractivity contribution is 0.169. The minimum atomic E-state index is -0.517. The smallest absolute Gasteiger partial charge is 0.126 e. The zero-order valence-corrected chi connectivity index (χ0v) is 13.5. The van der Waals surface area contributed by atoms with E-state index in [1.54, 1.807) is 6.20 Å². The Hall–Kier alpha value is -2.53. The second-order valence-corrected chi connectivity index (χ2v) is 5.58. The van der Waals surface area contributed by atoms with Crippen molar-refractivity contribution in [3.8, 4) is 11.3 Å². The van der Waals surface area contributed by atoms with Gasteiger partial charge in [-0.05, 0) is 37.1 Å². The molecular formula is C18H20N4O. The Kier molecular flexibility index (Phi) is 4.21. The van der Waals surface area contributed by atoms with E-state index in [4.69, 9.17) is 0 Å². The lowest BCUT2D eigenvalue weighted by Crippen LogP contribution is -2.00. The molecule has 3 aromatic rings. The molecule has 0 bridgehead atoms. The molecule has 3 heterocycles. The molecule has 5 nitrogen and oxygen atoms in total. The molecule has 1 atom stereocenters. The largest absolute Gasteiger partial charge is 0.387 e. The van der Waals surface area contributed by atoms with Crippen molar-refractivity contribution in [3.63, 3.8) is 0 Å². The van der Waals surface area contributed by atoms with Crippen molar-refractivity contribution in [2.45, 2.75) is 26.4 Å². The van der Waals surface area contributed by atoms with Crippen molar-refractivity contribution < 1.29 is 5.11 Å². The fraction of sp³-hybridized carbons (Fsp3) is 0.278. The lowest BCUT2D eigenvalue weighted by atomic mass is 10.0. The molecule has 0 saturated heterocycles. The molecule has 0 spiro atoms. The van der Waals surface area contributed by atoms with Gasteiger partial charge in [-0.2, -0.15) is 0 Å². The Balaban J connectivity index is 2.03. The number of hydrogen-bond acceptors (Lipinski definition) is 5. The van der Waals surface area contributed by atoms with Gasteiger partial charge in [0.1, 0.15) is 5.82 Å². The number of pyridine rings is 3. The van der Waals surface area contributed by atoms with Crippen molar-refractivity contribution in [1.29, 1.82) is 0 Å². The van der Waals surface area contributed by atoms with Crippen LogP contribution >= 0.6 is 0 Å². The van der Waals surface area contributed by atoms with Crippen molar-refractivity contribution in [2.24, 2.45) is 0 Å². The summed E-state index contributed by atoms with van der Waals surface area (Å²) in [4.78, 5) is 13.3. The van der Waals surface area contributed by atoms with Gasteiger partial charge in [0.15, 0.2) is 0 Å². The van der Waals surface area contributed by atoms with E-state index in [0.717, 1.165) is 33.4 Å². The third-order valence-electron chi connectivity index (χ3n) is 4.00. The molecule has 0 amide bonds. The third-order valence-corrected chi connectivity index (χ3v) is 4.00. The summed E-state index contributed by atoms with van der Waals surface area (Å²) in [6.07, 6.45) is 5.61. The van der Waals surface area contributed by atoms with Crippen LogP contribution in [0.5, 0.6) is 0 Å². The fourth-order valence-electron chi connectivity index (χ4n) is 2.56. The highest BCUT2D eigenvalue weighted by molar-refractivity contribution is 5.86. The van der Waals surface area contributed by atoms with Gasteiger partial charge in [-0.15, -0.1) is 0 Å². The maximum Gasteiger partial charge on any atom is 0.126 e. The van der Waals surface area contributed by atoms with Gasteiger partial charge in [0.2, 0.25) is 0 Å². The van der Waals surface area contributed by atoms with E-state index < -0.39 is 6.10 Å². The molecule has 3 aromatic heterocycles. The van der Waals surface area contributed by atoms with Gasteiger partial charge in [-0.3, -0.25) is 9.97 Å². The van der Waals surface area contributed by atoms with E-state index in [-0.39, 0.29) is 0 Å². The summed E-state index contributed by atoms with van der Waals surface area (Å²) in [7, 11) is 1.84. The second kappa shape index (κ2) is 6.30. The van der Waals surface area contributed by atoms with Crippen LogP contribution in [0, 0.1) is 6.92 Å². The standard InChI is InChI=1S/C18H20N4O/c1-4-17(23)16-5-11(2)14(10-21-16)15-6-12-9-22-18(19-3)7-13(12)8-20-15/h5-10,17,23H,4H2,1-3H3,(H,19,22)/t17-/m0/s1. The highest BCUT2D eigenvalue weighted by Gasteiger charge is 2.11. The van der Waals surface area contributed by atoms with Gasteiger partial charge in [0.25, 0.3) is 0 Å². The van der Waals surface area contributed by atoms with Gasteiger partial charge in [-0.1, -0.05) is 6.92 Å². The maximum absolute atomic E-state index is 9.91. The zero-order valence-electron chi connectivity index (χ0n) is 13.5. The summed E-state index contributed by atoms with van der Waals surface area (Å²) in [6, 6.07) is 5.91. The minimum Gasteiger partial charge on any atom is -0.387 e. The van der Waals surface area contributed by atoms with E-state index in [2.05, 4.69) is 20.3 Å². The Morgan fingerprint density at radius 1 is 1.04 bits per heavy atom. The number of anilines is 1. The number of aryl methyl sites for hydroxylation is 1. The topological polar surface area (TPSA) is 70.9 Å². The molecule has 0 aliphatic rings. The van der Waals surface area contributed by atoms with Crippen LogP contribution in [0.15, 0.2) is 36.8 Å². The number of nitrogens with one attached hydrogen (secondary N) is 1. The molecule has 0 aromatic carbocycles. The number of fused-ring (bicyclic) bond motifs is 1. The summed E-state index contributed by atoms with van der Waals surface area (Å²) < 4.78 is 0. The molecule has 0 fully saturated rings. The average molecular weight is 308 g/mol. The van der Waals surface area contributed by atoms with Gasteiger partial charge in [0, 0.05) is 42.0 Å². The van der Waals surface area contributed by atoms with Crippen molar-refractivity contribution in [1.82, 2.24) is 15.0 Å². The molecule has 0 radical (unpaired) electrons. The lowest BCUT2D eigenvalue weighted by Gasteiger charge is -2.11. The van der Waals surface area contributed by atoms with Crippen LogP contribution in [0.4, 0.5) is 5.82 Å². The van der Waals surface area contributed by atoms with E-state index >= 15 is 0 Å². The first-order chi connectivity index (χ1) is 11.1. The Morgan fingerprint density at radius 2 is 1.78 bits per heavy atom. The Labute approximate surface area is 135 Å². The average Bonchev–Trinajstić information content (AvgIpc) is 2.60. The molecule has 3 rings (SSSR count). The van der Waals surface area contributed by atoms with Crippen LogP contribution in [-0.4, -0.2) is 27.1 Å². The molecule has 0 aliphatic carbocycles. The molecule has 23 heavy (non-hydrogen) atoms. The first-order valence-corrected chi connectivity index (χ1v) is 7.71. The first-order valence-electron chi connectivity index (χ1n) is 7.71. The predicted octanol–water partition coefficient (Wildman–Crippen LogP) is 3.49. The third kappa shape index (κ3) is 3.00. The number of aliphatic hydroxyl groups excluding tert-OH is 1. The summed E-state index contributed by atoms with van der Waals surface area (Å²) in [5.41, 5.74) is 3.58. The number of rotatable bonds is 4. The number of nitrogens with zero attached hydrogens (tertiary/aromatic N) is 3. The fourth-order valence-corrected chi connectivity index (χ4v) is 2.56. The predicted molar refractivity (Wildman–Crippen MR) is 92.3 cm³/mol. The molecule has 0 unspecified atom stereocenters. The molecular weight excluding hydrogens is 288 g/mol. The highest BCUT2D eigenvalue weighted by Crippen LogP contribution is 2.26. The Bertz CT molecular complexity index is 848. The number of aromatic nitrogens is 3. The SMILES string of the molecule is CC[C@H](O)c1cc(C)c(-c2cc3cnc(NC)cc3cn2)cn1. The minimum absolute atomic E-state index is 0.517. The molecule has 0 saturated carbocycles. The summed E-state index contributed by atoms with van der Waals surface area (Å²) in [5, 5.41) is 15.0. The van der Waals surface area contributed by atoms with Crippen LogP contribution in [0.1, 0.15) is 30.7 Å². The van der Waals surface area contributed by atoms with Gasteiger partial charge < -0.3 is 10.4 Å². The van der Waals surface area contributed by atoms with Gasteiger partial charge in [0.05, 0.1) is 17.5 Å². The number of aliphatic hydroxyl groups is 1.